The van der Waals surface area contributed by atoms with Crippen molar-refractivity contribution in [1.82, 2.24) is 4.90 Å². The highest BCUT2D eigenvalue weighted by atomic mass is 35.5. The molecule has 0 bridgehead atoms. The first-order chi connectivity index (χ1) is 14.7. The standard InChI is InChI=1S/C23H23ClN2O5/c1-13(2)10-19(26-21(28)16-6-4-5-7-17(16)22(26)29)23(30)31-12-20(27)25-18-11-15(24)9-8-14(18)3/h4-9,11,13,19H,10,12H2,1-3H3,(H,25,27)/t19-/m0/s1. The second-order valence-corrected chi connectivity index (χ2v) is 8.22. The Bertz CT molecular complexity index is 1020. The zero-order valence-electron chi connectivity index (χ0n) is 17.5. The first-order valence-corrected chi connectivity index (χ1v) is 10.3. The number of aryl methyl sites for hydroxylation is 1. The quantitative estimate of drug-likeness (QED) is 0.519. The Hall–Kier alpha value is -3.19. The number of hydrogen-bond acceptors (Lipinski definition) is 5. The molecule has 0 saturated carbocycles. The van der Waals surface area contributed by atoms with Crippen LogP contribution in [0, 0.1) is 12.8 Å². The fourth-order valence-electron chi connectivity index (χ4n) is 3.39. The van der Waals surface area contributed by atoms with E-state index in [1.54, 1.807) is 49.4 Å². The van der Waals surface area contributed by atoms with Crippen molar-refractivity contribution in [2.24, 2.45) is 5.92 Å². The molecule has 3 rings (SSSR count). The minimum absolute atomic E-state index is 0.00444. The molecule has 0 saturated heterocycles. The number of anilines is 1. The average molecular weight is 443 g/mol. The summed E-state index contributed by atoms with van der Waals surface area (Å²) in [5, 5.41) is 3.10. The molecule has 31 heavy (non-hydrogen) atoms. The van der Waals surface area contributed by atoms with E-state index in [0.29, 0.717) is 10.7 Å². The minimum Gasteiger partial charge on any atom is -0.454 e. The van der Waals surface area contributed by atoms with Crippen molar-refractivity contribution >= 4 is 41.0 Å². The Balaban J connectivity index is 1.71. The summed E-state index contributed by atoms with van der Waals surface area (Å²) in [7, 11) is 0. The summed E-state index contributed by atoms with van der Waals surface area (Å²) in [4.78, 5) is 51.6. The van der Waals surface area contributed by atoms with Gasteiger partial charge in [-0.2, -0.15) is 0 Å². The van der Waals surface area contributed by atoms with E-state index >= 15 is 0 Å². The molecule has 7 nitrogen and oxygen atoms in total. The van der Waals surface area contributed by atoms with Crippen LogP contribution >= 0.6 is 11.6 Å². The molecule has 1 atom stereocenters. The molecule has 2 aromatic carbocycles. The second-order valence-electron chi connectivity index (χ2n) is 7.79. The van der Waals surface area contributed by atoms with Crippen LogP contribution in [0.2, 0.25) is 5.02 Å². The summed E-state index contributed by atoms with van der Waals surface area (Å²) in [5.41, 5.74) is 1.81. The fourth-order valence-corrected chi connectivity index (χ4v) is 3.56. The molecule has 1 aliphatic heterocycles. The summed E-state index contributed by atoms with van der Waals surface area (Å²) < 4.78 is 5.19. The van der Waals surface area contributed by atoms with Crippen LogP contribution in [0.3, 0.4) is 0 Å². The molecule has 1 heterocycles. The normalized spacial score (nSPS) is 13.9. The molecule has 1 N–H and O–H groups in total. The van der Waals surface area contributed by atoms with Crippen LogP contribution in [-0.4, -0.2) is 41.2 Å². The van der Waals surface area contributed by atoms with E-state index in [0.717, 1.165) is 10.5 Å². The molecule has 0 spiro atoms. The van der Waals surface area contributed by atoms with E-state index < -0.39 is 36.3 Å². The second kappa shape index (κ2) is 9.31. The molecule has 0 unspecified atom stereocenters. The highest BCUT2D eigenvalue weighted by Crippen LogP contribution is 2.27. The van der Waals surface area contributed by atoms with Crippen LogP contribution in [0.4, 0.5) is 5.69 Å². The Morgan fingerprint density at radius 1 is 1.06 bits per heavy atom. The Kier molecular flexibility index (Phi) is 6.75. The maximum absolute atomic E-state index is 12.8. The molecule has 3 amide bonds. The summed E-state index contributed by atoms with van der Waals surface area (Å²) in [6, 6.07) is 10.3. The number of nitrogens with zero attached hydrogens (tertiary/aromatic N) is 1. The third-order valence-electron chi connectivity index (χ3n) is 4.92. The first kappa shape index (κ1) is 22.5. The van der Waals surface area contributed by atoms with Gasteiger partial charge in [0.2, 0.25) is 0 Å². The molecule has 0 radical (unpaired) electrons. The zero-order chi connectivity index (χ0) is 22.7. The number of rotatable bonds is 7. The number of ether oxygens (including phenoxy) is 1. The number of hydrogen-bond donors (Lipinski definition) is 1. The van der Waals surface area contributed by atoms with Gasteiger partial charge < -0.3 is 10.1 Å². The van der Waals surface area contributed by atoms with Crippen LogP contribution < -0.4 is 5.32 Å². The number of carbonyl (C=O) groups is 4. The van der Waals surface area contributed by atoms with Gasteiger partial charge in [0.15, 0.2) is 6.61 Å². The van der Waals surface area contributed by atoms with Crippen molar-refractivity contribution in [2.45, 2.75) is 33.2 Å². The number of nitrogens with one attached hydrogen (secondary N) is 1. The molecular formula is C23H23ClN2O5. The average Bonchev–Trinajstić information content (AvgIpc) is 2.97. The molecule has 162 valence electrons. The number of halogens is 1. The van der Waals surface area contributed by atoms with Crippen LogP contribution in [0.25, 0.3) is 0 Å². The highest BCUT2D eigenvalue weighted by Gasteiger charge is 2.43. The number of carbonyl (C=O) groups excluding carboxylic acids is 4. The van der Waals surface area contributed by atoms with E-state index in [2.05, 4.69) is 5.32 Å². The van der Waals surface area contributed by atoms with Crippen molar-refractivity contribution < 1.29 is 23.9 Å². The maximum Gasteiger partial charge on any atom is 0.329 e. The third-order valence-corrected chi connectivity index (χ3v) is 5.16. The third kappa shape index (κ3) is 4.94. The van der Waals surface area contributed by atoms with Gasteiger partial charge in [0.1, 0.15) is 6.04 Å². The van der Waals surface area contributed by atoms with E-state index in [9.17, 15) is 19.2 Å². The molecular weight excluding hydrogens is 420 g/mol. The van der Waals surface area contributed by atoms with Crippen molar-refractivity contribution in [3.8, 4) is 0 Å². The minimum atomic E-state index is -1.12. The number of imide groups is 1. The van der Waals surface area contributed by atoms with Crippen molar-refractivity contribution in [1.29, 1.82) is 0 Å². The molecule has 0 fully saturated rings. The first-order valence-electron chi connectivity index (χ1n) is 9.88. The van der Waals surface area contributed by atoms with Gasteiger partial charge in [0.25, 0.3) is 17.7 Å². The Morgan fingerprint density at radius 3 is 2.26 bits per heavy atom. The Labute approximate surface area is 185 Å². The fraction of sp³-hybridized carbons (Fsp3) is 0.304. The van der Waals surface area contributed by atoms with E-state index in [4.69, 9.17) is 16.3 Å². The molecule has 1 aliphatic rings. The van der Waals surface area contributed by atoms with Gasteiger partial charge in [-0.05, 0) is 49.1 Å². The highest BCUT2D eigenvalue weighted by molar-refractivity contribution is 6.31. The summed E-state index contributed by atoms with van der Waals surface area (Å²) >= 11 is 5.95. The van der Waals surface area contributed by atoms with Crippen LogP contribution in [0.15, 0.2) is 42.5 Å². The van der Waals surface area contributed by atoms with Crippen LogP contribution in [0.5, 0.6) is 0 Å². The lowest BCUT2D eigenvalue weighted by Crippen LogP contribution is -2.46. The van der Waals surface area contributed by atoms with Gasteiger partial charge in [0, 0.05) is 10.7 Å². The largest absolute Gasteiger partial charge is 0.454 e. The van der Waals surface area contributed by atoms with Gasteiger partial charge in [-0.3, -0.25) is 19.3 Å². The summed E-state index contributed by atoms with van der Waals surface area (Å²) in [5.74, 6) is -2.43. The van der Waals surface area contributed by atoms with Crippen molar-refractivity contribution in [3.05, 3.63) is 64.2 Å². The summed E-state index contributed by atoms with van der Waals surface area (Å²) in [6.07, 6.45) is 0.222. The lowest BCUT2D eigenvalue weighted by molar-refractivity contribution is -0.151. The summed E-state index contributed by atoms with van der Waals surface area (Å²) in [6.45, 7) is 4.99. The zero-order valence-corrected chi connectivity index (χ0v) is 18.2. The van der Waals surface area contributed by atoms with Gasteiger partial charge in [-0.25, -0.2) is 4.79 Å². The molecule has 8 heteroatoms. The topological polar surface area (TPSA) is 92.8 Å². The Morgan fingerprint density at radius 2 is 1.68 bits per heavy atom. The van der Waals surface area contributed by atoms with Gasteiger partial charge in [-0.1, -0.05) is 43.6 Å². The number of amides is 3. The predicted molar refractivity (Wildman–Crippen MR) is 116 cm³/mol. The maximum atomic E-state index is 12.8. The smallest absolute Gasteiger partial charge is 0.329 e. The van der Waals surface area contributed by atoms with Crippen molar-refractivity contribution in [3.63, 3.8) is 0 Å². The SMILES string of the molecule is Cc1ccc(Cl)cc1NC(=O)COC(=O)[C@H](CC(C)C)N1C(=O)c2ccccc2C1=O. The van der Waals surface area contributed by atoms with E-state index in [-0.39, 0.29) is 23.5 Å². The van der Waals surface area contributed by atoms with Crippen LogP contribution in [0.1, 0.15) is 46.5 Å². The molecule has 0 aliphatic carbocycles. The number of benzene rings is 2. The van der Waals surface area contributed by atoms with Crippen molar-refractivity contribution in [2.75, 3.05) is 11.9 Å². The molecule has 2 aromatic rings. The van der Waals surface area contributed by atoms with Gasteiger partial charge in [0.05, 0.1) is 11.1 Å². The monoisotopic (exact) mass is 442 g/mol. The number of fused-ring (bicyclic) bond motifs is 1. The van der Waals surface area contributed by atoms with Crippen LogP contribution in [-0.2, 0) is 14.3 Å². The molecule has 0 aromatic heterocycles. The van der Waals surface area contributed by atoms with Gasteiger partial charge >= 0.3 is 5.97 Å². The number of esters is 1. The van der Waals surface area contributed by atoms with E-state index in [1.807, 2.05) is 13.8 Å². The van der Waals surface area contributed by atoms with E-state index in [1.165, 1.54) is 0 Å². The van der Waals surface area contributed by atoms with Gasteiger partial charge in [-0.15, -0.1) is 0 Å². The lowest BCUT2D eigenvalue weighted by atomic mass is 10.0. The predicted octanol–water partition coefficient (Wildman–Crippen LogP) is 3.84. The lowest BCUT2D eigenvalue weighted by Gasteiger charge is -2.25.